The second-order valence-electron chi connectivity index (χ2n) is 6.45. The van der Waals surface area contributed by atoms with Gasteiger partial charge in [-0.1, -0.05) is 38.5 Å². The van der Waals surface area contributed by atoms with Gasteiger partial charge < -0.3 is 10.6 Å². The van der Waals surface area contributed by atoms with Crippen molar-refractivity contribution >= 4 is 17.7 Å². The molecule has 0 aromatic heterocycles. The molecular weight excluding hydrogens is 268 g/mol. The van der Waals surface area contributed by atoms with E-state index in [1.54, 1.807) is 0 Å². The molecule has 0 spiro atoms. The van der Waals surface area contributed by atoms with Crippen LogP contribution in [-0.2, 0) is 4.79 Å². The molecule has 0 aromatic carbocycles. The normalized spacial score (nSPS) is 23.4. The predicted octanol–water partition coefficient (Wildman–Crippen LogP) is 3.09. The number of carbonyl (C=O) groups is 1. The monoisotopic (exact) mass is 298 g/mol. The van der Waals surface area contributed by atoms with Crippen LogP contribution in [0.3, 0.4) is 0 Å². The number of nitrogens with one attached hydrogen (secondary N) is 2. The number of thioether (sulfide) groups is 1. The van der Waals surface area contributed by atoms with Crippen molar-refractivity contribution in [2.75, 3.05) is 19.3 Å². The Morgan fingerprint density at radius 2 is 1.75 bits per heavy atom. The molecule has 20 heavy (non-hydrogen) atoms. The van der Waals surface area contributed by atoms with Crippen LogP contribution in [-0.4, -0.2) is 36.0 Å². The zero-order chi connectivity index (χ0) is 14.3. The molecule has 0 unspecified atom stereocenters. The van der Waals surface area contributed by atoms with Crippen LogP contribution in [0.4, 0.5) is 0 Å². The predicted molar refractivity (Wildman–Crippen MR) is 87.2 cm³/mol. The second-order valence-corrected chi connectivity index (χ2v) is 7.73. The van der Waals surface area contributed by atoms with E-state index >= 15 is 0 Å². The maximum atomic E-state index is 12.0. The van der Waals surface area contributed by atoms with Gasteiger partial charge in [-0.25, -0.2) is 0 Å². The molecule has 3 nitrogen and oxygen atoms in total. The van der Waals surface area contributed by atoms with Gasteiger partial charge in [-0.05, 0) is 31.9 Å². The fraction of sp³-hybridized carbons (Fsp3) is 0.938. The number of amides is 1. The Kier molecular flexibility index (Phi) is 6.69. The Morgan fingerprint density at radius 1 is 1.10 bits per heavy atom. The van der Waals surface area contributed by atoms with Gasteiger partial charge in [0.15, 0.2) is 0 Å². The van der Waals surface area contributed by atoms with E-state index < -0.39 is 0 Å². The van der Waals surface area contributed by atoms with Gasteiger partial charge in [0, 0.05) is 17.3 Å². The highest BCUT2D eigenvalue weighted by atomic mass is 32.2. The highest BCUT2D eigenvalue weighted by molar-refractivity contribution is 8.00. The summed E-state index contributed by atoms with van der Waals surface area (Å²) in [6.07, 6.45) is 15.1. The summed E-state index contributed by atoms with van der Waals surface area (Å²) >= 11 is 1.99. The Hall–Kier alpha value is -0.220. The number of hydrogen-bond donors (Lipinski definition) is 2. The lowest BCUT2D eigenvalue weighted by Gasteiger charge is -2.36. The number of carbonyl (C=O) groups excluding carboxylic acids is 1. The maximum absolute atomic E-state index is 12.0. The van der Waals surface area contributed by atoms with E-state index in [2.05, 4.69) is 16.9 Å². The van der Waals surface area contributed by atoms with E-state index in [1.807, 2.05) is 11.8 Å². The summed E-state index contributed by atoms with van der Waals surface area (Å²) in [6, 6.07) is 0.433. The zero-order valence-corrected chi connectivity index (χ0v) is 13.7. The highest BCUT2D eigenvalue weighted by Crippen LogP contribution is 2.37. The van der Waals surface area contributed by atoms with E-state index in [1.165, 1.54) is 64.2 Å². The lowest BCUT2D eigenvalue weighted by Crippen LogP contribution is -2.45. The van der Waals surface area contributed by atoms with Crippen LogP contribution in [0.1, 0.15) is 64.2 Å². The number of rotatable bonds is 6. The molecule has 0 radical (unpaired) electrons. The van der Waals surface area contributed by atoms with Crippen LogP contribution >= 0.6 is 11.8 Å². The third-order valence-corrected chi connectivity index (χ3v) is 6.32. The van der Waals surface area contributed by atoms with E-state index in [0.717, 1.165) is 6.54 Å². The van der Waals surface area contributed by atoms with E-state index in [-0.39, 0.29) is 5.91 Å². The molecule has 2 fully saturated rings. The van der Waals surface area contributed by atoms with E-state index in [4.69, 9.17) is 0 Å². The van der Waals surface area contributed by atoms with Gasteiger partial charge in [0.25, 0.3) is 0 Å². The molecular formula is C16H30N2OS. The minimum atomic E-state index is 0.184. The van der Waals surface area contributed by atoms with Gasteiger partial charge in [0.05, 0.1) is 6.54 Å². The largest absolute Gasteiger partial charge is 0.352 e. The summed E-state index contributed by atoms with van der Waals surface area (Å²) in [6.45, 7) is 1.46. The van der Waals surface area contributed by atoms with E-state index in [0.29, 0.717) is 17.3 Å². The van der Waals surface area contributed by atoms with Crippen LogP contribution in [0.5, 0.6) is 0 Å². The minimum absolute atomic E-state index is 0.184. The average molecular weight is 298 g/mol. The Balaban J connectivity index is 1.64. The van der Waals surface area contributed by atoms with Crippen molar-refractivity contribution in [2.45, 2.75) is 75.0 Å². The quantitative estimate of drug-likeness (QED) is 0.792. The fourth-order valence-corrected chi connectivity index (χ4v) is 4.52. The Labute approximate surface area is 128 Å². The topological polar surface area (TPSA) is 41.1 Å². The molecule has 2 N–H and O–H groups in total. The SMILES string of the molecule is CSC1(CNCC(=O)NC2CCCCC2)CCCCC1. The van der Waals surface area contributed by atoms with Crippen LogP contribution < -0.4 is 10.6 Å². The molecule has 116 valence electrons. The molecule has 0 atom stereocenters. The lowest BCUT2D eigenvalue weighted by atomic mass is 9.88. The van der Waals surface area contributed by atoms with Crippen LogP contribution in [0.25, 0.3) is 0 Å². The summed E-state index contributed by atoms with van der Waals surface area (Å²) in [5.74, 6) is 0.184. The van der Waals surface area contributed by atoms with Crippen molar-refractivity contribution in [3.05, 3.63) is 0 Å². The van der Waals surface area contributed by atoms with Crippen molar-refractivity contribution < 1.29 is 4.79 Å². The van der Waals surface area contributed by atoms with Crippen molar-refractivity contribution in [3.63, 3.8) is 0 Å². The van der Waals surface area contributed by atoms with Gasteiger partial charge in [-0.15, -0.1) is 0 Å². The second kappa shape index (κ2) is 8.28. The molecule has 0 saturated heterocycles. The summed E-state index contributed by atoms with van der Waals surface area (Å²) in [5, 5.41) is 6.58. The Bertz CT molecular complexity index is 297. The molecule has 2 rings (SSSR count). The first-order valence-corrected chi connectivity index (χ1v) is 9.52. The van der Waals surface area contributed by atoms with Crippen molar-refractivity contribution in [3.8, 4) is 0 Å². The molecule has 2 aliphatic rings. The van der Waals surface area contributed by atoms with Crippen LogP contribution in [0.2, 0.25) is 0 Å². The molecule has 0 aliphatic heterocycles. The molecule has 0 aromatic rings. The first kappa shape index (κ1) is 16.2. The number of hydrogen-bond acceptors (Lipinski definition) is 3. The molecule has 2 aliphatic carbocycles. The van der Waals surface area contributed by atoms with Crippen molar-refractivity contribution in [2.24, 2.45) is 0 Å². The summed E-state index contributed by atoms with van der Waals surface area (Å²) in [4.78, 5) is 12.0. The third kappa shape index (κ3) is 4.96. The third-order valence-electron chi connectivity index (χ3n) is 4.90. The first-order valence-electron chi connectivity index (χ1n) is 8.29. The van der Waals surface area contributed by atoms with Gasteiger partial charge >= 0.3 is 0 Å². The zero-order valence-electron chi connectivity index (χ0n) is 12.9. The van der Waals surface area contributed by atoms with Gasteiger partial charge in [0.1, 0.15) is 0 Å². The molecule has 1 amide bonds. The van der Waals surface area contributed by atoms with Gasteiger partial charge in [-0.2, -0.15) is 11.8 Å². The summed E-state index contributed by atoms with van der Waals surface area (Å²) in [7, 11) is 0. The summed E-state index contributed by atoms with van der Waals surface area (Å²) in [5.41, 5.74) is 0. The lowest BCUT2D eigenvalue weighted by molar-refractivity contribution is -0.121. The van der Waals surface area contributed by atoms with E-state index in [9.17, 15) is 4.79 Å². The average Bonchev–Trinajstić information content (AvgIpc) is 2.49. The summed E-state index contributed by atoms with van der Waals surface area (Å²) < 4.78 is 0.378. The molecule has 2 saturated carbocycles. The van der Waals surface area contributed by atoms with Crippen LogP contribution in [0.15, 0.2) is 0 Å². The molecule has 4 heteroatoms. The maximum Gasteiger partial charge on any atom is 0.234 e. The smallest absolute Gasteiger partial charge is 0.234 e. The van der Waals surface area contributed by atoms with Crippen molar-refractivity contribution in [1.29, 1.82) is 0 Å². The van der Waals surface area contributed by atoms with Gasteiger partial charge in [-0.3, -0.25) is 4.79 Å². The van der Waals surface area contributed by atoms with Crippen LogP contribution in [0, 0.1) is 0 Å². The minimum Gasteiger partial charge on any atom is -0.352 e. The standard InChI is InChI=1S/C16H30N2OS/c1-20-16(10-6-3-7-11-16)13-17-12-15(19)18-14-8-4-2-5-9-14/h14,17H,2-13H2,1H3,(H,18,19). The van der Waals surface area contributed by atoms with Crippen molar-refractivity contribution in [1.82, 2.24) is 10.6 Å². The molecule has 0 heterocycles. The first-order chi connectivity index (χ1) is 9.74. The highest BCUT2D eigenvalue weighted by Gasteiger charge is 2.30. The Morgan fingerprint density at radius 3 is 2.40 bits per heavy atom. The molecule has 0 bridgehead atoms. The fourth-order valence-electron chi connectivity index (χ4n) is 3.58. The van der Waals surface area contributed by atoms with Gasteiger partial charge in [0.2, 0.25) is 5.91 Å².